The molecule has 2 heterocycles. The lowest BCUT2D eigenvalue weighted by atomic mass is 10.0. The second-order valence-corrected chi connectivity index (χ2v) is 10.2. The number of hydrogen-bond donors (Lipinski definition) is 0. The van der Waals surface area contributed by atoms with E-state index >= 15 is 0 Å². The van der Waals surface area contributed by atoms with Crippen molar-refractivity contribution in [3.63, 3.8) is 0 Å². The zero-order valence-electron chi connectivity index (χ0n) is 16.5. The molecule has 2 aliphatic rings. The van der Waals surface area contributed by atoms with Crippen molar-refractivity contribution < 1.29 is 22.4 Å². The van der Waals surface area contributed by atoms with Crippen LogP contribution in [0.3, 0.4) is 0 Å². The molecule has 0 saturated carbocycles. The average Bonchev–Trinajstić information content (AvgIpc) is 3.12. The van der Waals surface area contributed by atoms with E-state index in [1.165, 1.54) is 35.2 Å². The molecule has 1 fully saturated rings. The maximum absolute atomic E-state index is 13.9. The lowest BCUT2D eigenvalue weighted by Gasteiger charge is -2.32. The summed E-state index contributed by atoms with van der Waals surface area (Å²) in [6.07, 6.45) is 0. The van der Waals surface area contributed by atoms with Crippen LogP contribution in [-0.4, -0.2) is 26.0 Å². The van der Waals surface area contributed by atoms with E-state index in [9.17, 15) is 22.4 Å². The van der Waals surface area contributed by atoms with E-state index in [0.29, 0.717) is 16.3 Å². The molecule has 5 rings (SSSR count). The molecule has 0 radical (unpaired) electrons. The van der Waals surface area contributed by atoms with Gasteiger partial charge in [-0.1, -0.05) is 48.0 Å². The number of halogens is 2. The number of hydrogen-bond acceptors (Lipinski definition) is 4. The molecule has 1 spiro atoms. The number of benzene rings is 3. The van der Waals surface area contributed by atoms with Gasteiger partial charge in [0, 0.05) is 16.3 Å². The number of anilines is 2. The van der Waals surface area contributed by atoms with E-state index in [1.807, 2.05) is 0 Å². The topological polar surface area (TPSA) is 74.8 Å². The van der Waals surface area contributed by atoms with Crippen molar-refractivity contribution in [2.24, 2.45) is 0 Å². The first-order valence-electron chi connectivity index (χ1n) is 9.72. The maximum Gasteiger partial charge on any atom is 0.274 e. The molecular formula is C23H16ClFN2O4S. The summed E-state index contributed by atoms with van der Waals surface area (Å²) in [7, 11) is -4.26. The lowest BCUT2D eigenvalue weighted by Crippen LogP contribution is -2.54. The third-order valence-electron chi connectivity index (χ3n) is 5.74. The minimum Gasteiger partial charge on any atom is -0.304 e. The van der Waals surface area contributed by atoms with Crippen molar-refractivity contribution in [1.82, 2.24) is 0 Å². The summed E-state index contributed by atoms with van der Waals surface area (Å²) in [4.78, 5) is 27.1. The highest BCUT2D eigenvalue weighted by Crippen LogP contribution is 2.52. The number of rotatable bonds is 3. The maximum atomic E-state index is 13.9. The van der Waals surface area contributed by atoms with Crippen molar-refractivity contribution in [1.29, 1.82) is 0 Å². The standard InChI is InChI=1S/C23H16ClFN2O4S/c24-16-4-3-5-18(12-16)27-21(28)14-32(30,31)23(27)19-6-1-2-7-20(19)26(22(23)29)13-15-8-10-17(25)11-9-15/h1-12H,13-14H2/t23-/m1/s1. The fourth-order valence-electron chi connectivity index (χ4n) is 4.44. The Labute approximate surface area is 188 Å². The fourth-order valence-corrected chi connectivity index (χ4v) is 6.65. The number of carbonyl (C=O) groups excluding carboxylic acids is 2. The van der Waals surface area contributed by atoms with E-state index in [4.69, 9.17) is 11.6 Å². The first kappa shape index (κ1) is 20.7. The molecule has 1 atom stereocenters. The highest BCUT2D eigenvalue weighted by molar-refractivity contribution is 7.94. The van der Waals surface area contributed by atoms with Crippen LogP contribution in [0.5, 0.6) is 0 Å². The predicted octanol–water partition coefficient (Wildman–Crippen LogP) is 3.64. The van der Waals surface area contributed by atoms with Crippen LogP contribution >= 0.6 is 11.6 Å². The van der Waals surface area contributed by atoms with E-state index < -0.39 is 38.1 Å². The molecule has 0 aromatic heterocycles. The second kappa shape index (κ2) is 7.15. The normalized spacial score (nSPS) is 21.4. The molecule has 32 heavy (non-hydrogen) atoms. The number of fused-ring (bicyclic) bond motifs is 2. The van der Waals surface area contributed by atoms with Crippen LogP contribution < -0.4 is 9.80 Å². The monoisotopic (exact) mass is 470 g/mol. The molecule has 2 amide bonds. The van der Waals surface area contributed by atoms with Crippen LogP contribution in [0.2, 0.25) is 5.02 Å². The van der Waals surface area contributed by atoms with E-state index in [0.717, 1.165) is 4.90 Å². The molecule has 9 heteroatoms. The summed E-state index contributed by atoms with van der Waals surface area (Å²) >= 11 is 6.11. The first-order valence-corrected chi connectivity index (χ1v) is 11.8. The molecule has 0 bridgehead atoms. The second-order valence-electron chi connectivity index (χ2n) is 7.65. The fraction of sp³-hybridized carbons (Fsp3) is 0.130. The zero-order chi connectivity index (χ0) is 22.7. The Morgan fingerprint density at radius 1 is 0.969 bits per heavy atom. The summed E-state index contributed by atoms with van der Waals surface area (Å²) in [5, 5.41) is 0.302. The molecule has 2 aliphatic heterocycles. The van der Waals surface area contributed by atoms with E-state index in [-0.39, 0.29) is 17.8 Å². The number of para-hydroxylation sites is 1. The van der Waals surface area contributed by atoms with Crippen LogP contribution in [0.25, 0.3) is 0 Å². The first-order chi connectivity index (χ1) is 15.3. The third-order valence-corrected chi connectivity index (χ3v) is 8.08. The van der Waals surface area contributed by atoms with Crippen LogP contribution in [0, 0.1) is 5.82 Å². The summed E-state index contributed by atoms with van der Waals surface area (Å²) in [5.41, 5.74) is 1.42. The van der Waals surface area contributed by atoms with Crippen molar-refractivity contribution in [3.8, 4) is 0 Å². The number of amides is 2. The van der Waals surface area contributed by atoms with Gasteiger partial charge >= 0.3 is 0 Å². The Bertz CT molecular complexity index is 1380. The molecule has 0 N–H and O–H groups in total. The highest BCUT2D eigenvalue weighted by atomic mass is 35.5. The Balaban J connectivity index is 1.73. The van der Waals surface area contributed by atoms with Crippen molar-refractivity contribution in [2.45, 2.75) is 11.4 Å². The van der Waals surface area contributed by atoms with Crippen LogP contribution in [0.15, 0.2) is 72.8 Å². The largest absolute Gasteiger partial charge is 0.304 e. The molecule has 0 aliphatic carbocycles. The molecule has 3 aromatic rings. The minimum atomic E-state index is -4.26. The predicted molar refractivity (Wildman–Crippen MR) is 118 cm³/mol. The molecule has 6 nitrogen and oxygen atoms in total. The summed E-state index contributed by atoms with van der Waals surface area (Å²) in [5.74, 6) is -2.69. The van der Waals surface area contributed by atoms with Gasteiger partial charge in [0.15, 0.2) is 9.84 Å². The number of sulfone groups is 1. The van der Waals surface area contributed by atoms with Gasteiger partial charge in [0.2, 0.25) is 5.91 Å². The highest BCUT2D eigenvalue weighted by Gasteiger charge is 2.69. The third kappa shape index (κ3) is 2.79. The zero-order valence-corrected chi connectivity index (χ0v) is 18.1. The SMILES string of the molecule is O=C1CS(=O)(=O)[C@]2(C(=O)N(Cc3ccc(F)cc3)c3ccccc32)N1c1cccc(Cl)c1. The van der Waals surface area contributed by atoms with Gasteiger partial charge in [0.25, 0.3) is 10.8 Å². The van der Waals surface area contributed by atoms with Gasteiger partial charge in [0.1, 0.15) is 11.6 Å². The van der Waals surface area contributed by atoms with E-state index in [1.54, 1.807) is 42.5 Å². The molecule has 162 valence electrons. The number of nitrogens with zero attached hydrogens (tertiary/aromatic N) is 2. The van der Waals surface area contributed by atoms with Gasteiger partial charge in [-0.3, -0.25) is 14.5 Å². The lowest BCUT2D eigenvalue weighted by molar-refractivity contribution is -0.123. The van der Waals surface area contributed by atoms with E-state index in [2.05, 4.69) is 0 Å². The van der Waals surface area contributed by atoms with Gasteiger partial charge in [-0.05, 0) is 42.0 Å². The van der Waals surface area contributed by atoms with Gasteiger partial charge < -0.3 is 4.90 Å². The van der Waals surface area contributed by atoms with Crippen molar-refractivity contribution >= 4 is 44.6 Å². The van der Waals surface area contributed by atoms with Crippen molar-refractivity contribution in [3.05, 3.63) is 94.8 Å². The Hall–Kier alpha value is -3.23. The Kier molecular flexibility index (Phi) is 4.61. The summed E-state index contributed by atoms with van der Waals surface area (Å²) in [6, 6.07) is 18.3. The number of carbonyl (C=O) groups is 2. The van der Waals surface area contributed by atoms with Gasteiger partial charge in [-0.15, -0.1) is 0 Å². The molecular weight excluding hydrogens is 455 g/mol. The average molecular weight is 471 g/mol. The quantitative estimate of drug-likeness (QED) is 0.585. The molecule has 3 aromatic carbocycles. The Morgan fingerprint density at radius 3 is 2.41 bits per heavy atom. The van der Waals surface area contributed by atoms with Crippen molar-refractivity contribution in [2.75, 3.05) is 15.6 Å². The molecule has 1 saturated heterocycles. The molecule has 0 unspecified atom stereocenters. The van der Waals surface area contributed by atoms with Gasteiger partial charge in [-0.2, -0.15) is 0 Å². The summed E-state index contributed by atoms with van der Waals surface area (Å²) in [6.45, 7) is 0.0188. The van der Waals surface area contributed by atoms with Gasteiger partial charge in [-0.25, -0.2) is 12.8 Å². The Morgan fingerprint density at radius 2 is 1.69 bits per heavy atom. The van der Waals surface area contributed by atoms with Crippen LogP contribution in [0.1, 0.15) is 11.1 Å². The minimum absolute atomic E-state index is 0.0188. The summed E-state index contributed by atoms with van der Waals surface area (Å²) < 4.78 is 40.3. The van der Waals surface area contributed by atoms with Crippen LogP contribution in [0.4, 0.5) is 15.8 Å². The van der Waals surface area contributed by atoms with Crippen LogP contribution in [-0.2, 0) is 30.8 Å². The smallest absolute Gasteiger partial charge is 0.274 e. The van der Waals surface area contributed by atoms with Gasteiger partial charge in [0.05, 0.1) is 12.2 Å².